The van der Waals surface area contributed by atoms with Gasteiger partial charge in [0.05, 0.1) is 6.61 Å². The minimum atomic E-state index is -0.143. The van der Waals surface area contributed by atoms with Gasteiger partial charge in [-0.25, -0.2) is 0 Å². The summed E-state index contributed by atoms with van der Waals surface area (Å²) in [6.07, 6.45) is 3.81. The quantitative estimate of drug-likeness (QED) is 0.781. The fourth-order valence-electron chi connectivity index (χ4n) is 2.94. The van der Waals surface area contributed by atoms with Crippen molar-refractivity contribution in [1.82, 2.24) is 5.32 Å². The number of hydrogen-bond acceptors (Lipinski definition) is 3. The Morgan fingerprint density at radius 3 is 2.62 bits per heavy atom. The summed E-state index contributed by atoms with van der Waals surface area (Å²) in [5.41, 5.74) is 1.69. The lowest BCUT2D eigenvalue weighted by molar-refractivity contribution is 0.0945. The van der Waals surface area contributed by atoms with Crippen LogP contribution in [0.3, 0.4) is 0 Å². The van der Waals surface area contributed by atoms with Gasteiger partial charge in [0.25, 0.3) is 5.91 Å². The maximum absolute atomic E-state index is 11.8. The second-order valence-corrected chi connectivity index (χ2v) is 6.20. The molecule has 3 N–H and O–H groups in total. The van der Waals surface area contributed by atoms with Gasteiger partial charge in [0.1, 0.15) is 0 Å². The van der Waals surface area contributed by atoms with Crippen LogP contribution in [0.4, 0.5) is 5.69 Å². The fraction of sp³-hybridized carbons (Fsp3) is 0.588. The molecule has 0 aromatic heterocycles. The molecule has 21 heavy (non-hydrogen) atoms. The van der Waals surface area contributed by atoms with E-state index in [0.29, 0.717) is 17.5 Å². The minimum absolute atomic E-state index is 0.0386. The Hall–Kier alpha value is -1.55. The molecule has 3 unspecified atom stereocenters. The van der Waals surface area contributed by atoms with E-state index in [1.165, 1.54) is 19.3 Å². The van der Waals surface area contributed by atoms with Gasteiger partial charge in [0, 0.05) is 23.8 Å². The SMILES string of the molecule is CC1CCC(C)C(Nc2ccc(C(=O)NCCO)cc2)C1. The number of rotatable bonds is 5. The molecule has 1 aromatic carbocycles. The zero-order valence-electron chi connectivity index (χ0n) is 12.9. The van der Waals surface area contributed by atoms with E-state index in [9.17, 15) is 4.79 Å². The first-order valence-corrected chi connectivity index (χ1v) is 7.85. The third-order valence-electron chi connectivity index (χ3n) is 4.35. The van der Waals surface area contributed by atoms with Gasteiger partial charge in [0.15, 0.2) is 0 Å². The van der Waals surface area contributed by atoms with Gasteiger partial charge < -0.3 is 15.7 Å². The van der Waals surface area contributed by atoms with Crippen LogP contribution in [0.25, 0.3) is 0 Å². The van der Waals surface area contributed by atoms with Crippen molar-refractivity contribution in [1.29, 1.82) is 0 Å². The molecule has 1 amide bonds. The Kier molecular flexibility index (Phi) is 5.62. The summed E-state index contributed by atoms with van der Waals surface area (Å²) in [6.45, 7) is 4.87. The molecule has 116 valence electrons. The van der Waals surface area contributed by atoms with E-state index in [0.717, 1.165) is 11.6 Å². The average Bonchev–Trinajstić information content (AvgIpc) is 2.49. The summed E-state index contributed by atoms with van der Waals surface area (Å²) in [5.74, 6) is 1.33. The van der Waals surface area contributed by atoms with Gasteiger partial charge in [-0.1, -0.05) is 20.3 Å². The first-order valence-electron chi connectivity index (χ1n) is 7.85. The number of aliphatic hydroxyl groups is 1. The van der Waals surface area contributed by atoms with Crippen LogP contribution in [0.5, 0.6) is 0 Å². The van der Waals surface area contributed by atoms with Gasteiger partial charge >= 0.3 is 0 Å². The molecule has 2 rings (SSSR count). The van der Waals surface area contributed by atoms with E-state index in [2.05, 4.69) is 24.5 Å². The Morgan fingerprint density at radius 1 is 1.24 bits per heavy atom. The summed E-state index contributed by atoms with van der Waals surface area (Å²) in [7, 11) is 0. The number of benzene rings is 1. The molecule has 4 heteroatoms. The molecule has 1 aromatic rings. The largest absolute Gasteiger partial charge is 0.395 e. The van der Waals surface area contributed by atoms with Crippen LogP contribution in [-0.2, 0) is 0 Å². The van der Waals surface area contributed by atoms with Crippen molar-refractivity contribution in [2.24, 2.45) is 11.8 Å². The third-order valence-corrected chi connectivity index (χ3v) is 4.35. The molecule has 1 fully saturated rings. The lowest BCUT2D eigenvalue weighted by Crippen LogP contribution is -2.33. The van der Waals surface area contributed by atoms with E-state index >= 15 is 0 Å². The molecule has 3 atom stereocenters. The molecule has 0 aliphatic heterocycles. The third kappa shape index (κ3) is 4.46. The zero-order chi connectivity index (χ0) is 15.2. The Morgan fingerprint density at radius 2 is 1.95 bits per heavy atom. The van der Waals surface area contributed by atoms with Gasteiger partial charge in [0.2, 0.25) is 0 Å². The predicted molar refractivity (Wildman–Crippen MR) is 85.5 cm³/mol. The van der Waals surface area contributed by atoms with Crippen LogP contribution < -0.4 is 10.6 Å². The van der Waals surface area contributed by atoms with Gasteiger partial charge in [-0.2, -0.15) is 0 Å². The molecule has 0 heterocycles. The fourth-order valence-corrected chi connectivity index (χ4v) is 2.94. The van der Waals surface area contributed by atoms with Crippen LogP contribution in [-0.4, -0.2) is 30.2 Å². The molecule has 1 aliphatic rings. The van der Waals surface area contributed by atoms with Crippen molar-refractivity contribution in [2.75, 3.05) is 18.5 Å². The van der Waals surface area contributed by atoms with Crippen molar-refractivity contribution in [3.05, 3.63) is 29.8 Å². The zero-order valence-corrected chi connectivity index (χ0v) is 12.9. The molecule has 0 bridgehead atoms. The predicted octanol–water partition coefficient (Wildman–Crippen LogP) is 2.65. The van der Waals surface area contributed by atoms with E-state index in [4.69, 9.17) is 5.11 Å². The molecule has 0 radical (unpaired) electrons. The maximum Gasteiger partial charge on any atom is 0.251 e. The Labute approximate surface area is 126 Å². The highest BCUT2D eigenvalue weighted by Crippen LogP contribution is 2.30. The Balaban J connectivity index is 1.94. The van der Waals surface area contributed by atoms with Crippen LogP contribution in [0.1, 0.15) is 43.5 Å². The normalized spacial score (nSPS) is 25.4. The second kappa shape index (κ2) is 7.46. The van der Waals surface area contributed by atoms with Gasteiger partial charge in [-0.3, -0.25) is 4.79 Å². The number of amides is 1. The average molecular weight is 290 g/mol. The molecule has 1 saturated carbocycles. The summed E-state index contributed by atoms with van der Waals surface area (Å²) in [4.78, 5) is 11.8. The summed E-state index contributed by atoms with van der Waals surface area (Å²) < 4.78 is 0. The van der Waals surface area contributed by atoms with Gasteiger partial charge in [-0.15, -0.1) is 0 Å². The first kappa shape index (κ1) is 15.8. The van der Waals surface area contributed by atoms with Gasteiger partial charge in [-0.05, 0) is 48.9 Å². The van der Waals surface area contributed by atoms with E-state index in [-0.39, 0.29) is 19.1 Å². The topological polar surface area (TPSA) is 61.4 Å². The van der Waals surface area contributed by atoms with Crippen LogP contribution in [0.2, 0.25) is 0 Å². The van der Waals surface area contributed by atoms with Crippen molar-refractivity contribution in [3.63, 3.8) is 0 Å². The van der Waals surface area contributed by atoms with E-state index in [1.807, 2.05) is 24.3 Å². The molecular formula is C17H26N2O2. The van der Waals surface area contributed by atoms with E-state index < -0.39 is 0 Å². The summed E-state index contributed by atoms with van der Waals surface area (Å²) >= 11 is 0. The minimum Gasteiger partial charge on any atom is -0.395 e. The lowest BCUT2D eigenvalue weighted by atomic mass is 9.80. The number of nitrogens with one attached hydrogen (secondary N) is 2. The number of aliphatic hydroxyl groups excluding tert-OH is 1. The van der Waals surface area contributed by atoms with Crippen molar-refractivity contribution >= 4 is 11.6 Å². The molecule has 4 nitrogen and oxygen atoms in total. The monoisotopic (exact) mass is 290 g/mol. The van der Waals surface area contributed by atoms with Crippen molar-refractivity contribution in [3.8, 4) is 0 Å². The molecule has 0 spiro atoms. The van der Waals surface area contributed by atoms with Crippen molar-refractivity contribution in [2.45, 2.75) is 39.2 Å². The highest BCUT2D eigenvalue weighted by atomic mass is 16.3. The van der Waals surface area contributed by atoms with Crippen LogP contribution in [0, 0.1) is 11.8 Å². The van der Waals surface area contributed by atoms with E-state index in [1.54, 1.807) is 0 Å². The Bertz CT molecular complexity index is 458. The standard InChI is InChI=1S/C17H26N2O2/c1-12-3-4-13(2)16(11-12)19-15-7-5-14(6-8-15)17(21)18-9-10-20/h5-8,12-13,16,19-20H,3-4,9-11H2,1-2H3,(H,18,21). The first-order chi connectivity index (χ1) is 10.1. The second-order valence-electron chi connectivity index (χ2n) is 6.20. The number of hydrogen-bond donors (Lipinski definition) is 3. The molecule has 0 saturated heterocycles. The number of carbonyl (C=O) groups excluding carboxylic acids is 1. The maximum atomic E-state index is 11.8. The van der Waals surface area contributed by atoms with Crippen LogP contribution >= 0.6 is 0 Å². The summed E-state index contributed by atoms with van der Waals surface area (Å²) in [5, 5.41) is 15.0. The highest BCUT2D eigenvalue weighted by Gasteiger charge is 2.25. The smallest absolute Gasteiger partial charge is 0.251 e. The summed E-state index contributed by atoms with van der Waals surface area (Å²) in [6, 6.07) is 8.08. The van der Waals surface area contributed by atoms with Crippen LogP contribution in [0.15, 0.2) is 24.3 Å². The number of anilines is 1. The lowest BCUT2D eigenvalue weighted by Gasteiger charge is -2.34. The highest BCUT2D eigenvalue weighted by molar-refractivity contribution is 5.94. The molecule has 1 aliphatic carbocycles. The number of carbonyl (C=O) groups is 1. The molecular weight excluding hydrogens is 264 g/mol. The van der Waals surface area contributed by atoms with Crippen molar-refractivity contribution < 1.29 is 9.90 Å².